The first kappa shape index (κ1) is 17.2. The zero-order chi connectivity index (χ0) is 18.8. The molecular weight excluding hydrogens is 356 g/mol. The van der Waals surface area contributed by atoms with E-state index >= 15 is 0 Å². The van der Waals surface area contributed by atoms with Crippen molar-refractivity contribution >= 4 is 11.6 Å². The lowest BCUT2D eigenvalue weighted by molar-refractivity contribution is -0.295. The number of ether oxygens (including phenoxy) is 3. The molecule has 6 nitrogen and oxygen atoms in total. The van der Waals surface area contributed by atoms with E-state index in [0.717, 1.165) is 30.8 Å². The second-order valence-electron chi connectivity index (χ2n) is 8.87. The third-order valence-electron chi connectivity index (χ3n) is 7.27. The molecule has 6 rings (SSSR count). The summed E-state index contributed by atoms with van der Waals surface area (Å²) in [6, 6.07) is 7.91. The molecule has 5 aliphatic rings. The van der Waals surface area contributed by atoms with Crippen molar-refractivity contribution in [3.63, 3.8) is 0 Å². The third kappa shape index (κ3) is 2.32. The molecule has 3 aliphatic heterocycles. The molecule has 3 heterocycles. The monoisotopic (exact) mass is 382 g/mol. The highest BCUT2D eigenvalue weighted by atomic mass is 16.7. The number of nitrogens with zero attached hydrogens (tertiary/aromatic N) is 2. The van der Waals surface area contributed by atoms with Crippen molar-refractivity contribution in [2.75, 3.05) is 51.1 Å². The Labute approximate surface area is 165 Å². The minimum absolute atomic E-state index is 0.0392. The van der Waals surface area contributed by atoms with Crippen LogP contribution in [0.2, 0.25) is 0 Å². The number of allylic oxidation sites excluding steroid dienone is 2. The van der Waals surface area contributed by atoms with Crippen LogP contribution in [-0.2, 0) is 24.8 Å². The van der Waals surface area contributed by atoms with E-state index in [1.807, 2.05) is 29.2 Å². The lowest BCUT2D eigenvalue weighted by atomic mass is 9.76. The van der Waals surface area contributed by atoms with Gasteiger partial charge in [-0.25, -0.2) is 0 Å². The number of hydrogen-bond acceptors (Lipinski definition) is 5. The number of fused-ring (bicyclic) bond motifs is 5. The molecule has 0 N–H and O–H groups in total. The molecule has 6 heteroatoms. The predicted octanol–water partition coefficient (Wildman–Crippen LogP) is 2.10. The quantitative estimate of drug-likeness (QED) is 0.734. The molecule has 2 saturated heterocycles. The van der Waals surface area contributed by atoms with Crippen LogP contribution in [0.15, 0.2) is 36.4 Å². The van der Waals surface area contributed by atoms with Gasteiger partial charge in [0.15, 0.2) is 0 Å². The molecule has 148 valence electrons. The summed E-state index contributed by atoms with van der Waals surface area (Å²) in [4.78, 5) is 17.7. The summed E-state index contributed by atoms with van der Waals surface area (Å²) >= 11 is 0. The summed E-state index contributed by atoms with van der Waals surface area (Å²) in [5, 5.41) is 0. The third-order valence-corrected chi connectivity index (χ3v) is 7.27. The van der Waals surface area contributed by atoms with E-state index < -0.39 is 5.79 Å². The zero-order valence-corrected chi connectivity index (χ0v) is 16.0. The number of hydrogen-bond donors (Lipinski definition) is 0. The number of morpholine rings is 1. The molecule has 3 fully saturated rings. The number of anilines is 1. The summed E-state index contributed by atoms with van der Waals surface area (Å²) < 4.78 is 18.2. The molecule has 2 bridgehead atoms. The van der Waals surface area contributed by atoms with E-state index in [2.05, 4.69) is 17.1 Å². The molecule has 2 spiro atoms. The fraction of sp³-hybridized carbons (Fsp3) is 0.591. The smallest absolute Gasteiger partial charge is 0.293 e. The van der Waals surface area contributed by atoms with Gasteiger partial charge in [-0.2, -0.15) is 0 Å². The fourth-order valence-electron chi connectivity index (χ4n) is 5.71. The van der Waals surface area contributed by atoms with Crippen molar-refractivity contribution < 1.29 is 19.0 Å². The van der Waals surface area contributed by atoms with Gasteiger partial charge in [-0.3, -0.25) is 14.6 Å². The van der Waals surface area contributed by atoms with E-state index in [9.17, 15) is 4.79 Å². The van der Waals surface area contributed by atoms with Crippen LogP contribution < -0.4 is 4.90 Å². The van der Waals surface area contributed by atoms with Gasteiger partial charge in [0.25, 0.3) is 11.7 Å². The van der Waals surface area contributed by atoms with Crippen molar-refractivity contribution in [2.45, 2.75) is 18.6 Å². The second-order valence-corrected chi connectivity index (χ2v) is 8.87. The van der Waals surface area contributed by atoms with Gasteiger partial charge >= 0.3 is 0 Å². The Morgan fingerprint density at radius 3 is 2.57 bits per heavy atom. The molecule has 0 aromatic heterocycles. The number of carbonyl (C=O) groups excluding carboxylic acids is 1. The van der Waals surface area contributed by atoms with Gasteiger partial charge in [0, 0.05) is 24.1 Å². The lowest BCUT2D eigenvalue weighted by Gasteiger charge is -2.45. The van der Waals surface area contributed by atoms with Crippen LogP contribution in [0.4, 0.5) is 5.69 Å². The van der Waals surface area contributed by atoms with Gasteiger partial charge < -0.3 is 14.2 Å². The van der Waals surface area contributed by atoms with Gasteiger partial charge in [0.1, 0.15) is 0 Å². The molecule has 1 aromatic rings. The van der Waals surface area contributed by atoms with E-state index in [1.54, 1.807) is 0 Å². The Morgan fingerprint density at radius 2 is 1.86 bits per heavy atom. The molecule has 1 amide bonds. The molecule has 0 unspecified atom stereocenters. The van der Waals surface area contributed by atoms with Crippen LogP contribution in [0.1, 0.15) is 18.4 Å². The number of carbonyl (C=O) groups is 1. The standard InChI is InChI=1S/C22H26N2O4/c25-20-22(27-13-21(14-28-22)12-16-5-6-17(21)11-16)18-3-1-2-4-19(18)24(20)15-23-7-9-26-10-8-23/h1-6,16-17H,7-15H2/t16-,17-,21?,22?/m1/s1. The van der Waals surface area contributed by atoms with Crippen LogP contribution in [0.3, 0.4) is 0 Å². The Bertz CT molecular complexity index is 824. The maximum atomic E-state index is 13.6. The highest BCUT2D eigenvalue weighted by molar-refractivity contribution is 6.06. The Balaban J connectivity index is 1.29. The van der Waals surface area contributed by atoms with E-state index in [1.165, 1.54) is 6.42 Å². The zero-order valence-electron chi connectivity index (χ0n) is 16.0. The Morgan fingerprint density at radius 1 is 1.07 bits per heavy atom. The molecule has 2 aliphatic carbocycles. The number of benzene rings is 1. The molecule has 1 aromatic carbocycles. The summed E-state index contributed by atoms with van der Waals surface area (Å²) in [6.07, 6.45) is 6.97. The first-order valence-electron chi connectivity index (χ1n) is 10.4. The van der Waals surface area contributed by atoms with Gasteiger partial charge in [0.2, 0.25) is 0 Å². The van der Waals surface area contributed by atoms with Crippen LogP contribution in [0, 0.1) is 17.3 Å². The van der Waals surface area contributed by atoms with Gasteiger partial charge in [-0.1, -0.05) is 30.4 Å². The lowest BCUT2D eigenvalue weighted by Crippen LogP contribution is -2.55. The predicted molar refractivity (Wildman–Crippen MR) is 103 cm³/mol. The Hall–Kier alpha value is -1.73. The molecular formula is C22H26N2O4. The molecule has 28 heavy (non-hydrogen) atoms. The number of rotatable bonds is 2. The van der Waals surface area contributed by atoms with Gasteiger partial charge in [-0.05, 0) is 30.7 Å². The average molecular weight is 382 g/mol. The minimum Gasteiger partial charge on any atom is -0.379 e. The number of amides is 1. The van der Waals surface area contributed by atoms with Crippen LogP contribution in [0.5, 0.6) is 0 Å². The largest absolute Gasteiger partial charge is 0.379 e. The van der Waals surface area contributed by atoms with E-state index in [0.29, 0.717) is 44.9 Å². The number of para-hydroxylation sites is 1. The summed E-state index contributed by atoms with van der Waals surface area (Å²) in [5.41, 5.74) is 1.79. The maximum Gasteiger partial charge on any atom is 0.293 e. The average Bonchev–Trinajstić information content (AvgIpc) is 3.40. The fourth-order valence-corrected chi connectivity index (χ4v) is 5.71. The van der Waals surface area contributed by atoms with Gasteiger partial charge in [0.05, 0.1) is 38.8 Å². The van der Waals surface area contributed by atoms with Crippen molar-refractivity contribution in [3.05, 3.63) is 42.0 Å². The normalized spacial score (nSPS) is 39.4. The Kier molecular flexibility index (Phi) is 3.76. The highest BCUT2D eigenvalue weighted by Gasteiger charge is 2.61. The van der Waals surface area contributed by atoms with Crippen molar-refractivity contribution in [3.8, 4) is 0 Å². The SMILES string of the molecule is O=C1N(CN2CCOCC2)c2ccccc2C12OCC1(CO2)C[C@@H]2C=C[C@@H]1C2. The highest BCUT2D eigenvalue weighted by Crippen LogP contribution is 2.57. The minimum atomic E-state index is -1.28. The van der Waals surface area contributed by atoms with Crippen molar-refractivity contribution in [1.82, 2.24) is 4.90 Å². The van der Waals surface area contributed by atoms with Crippen LogP contribution in [0.25, 0.3) is 0 Å². The summed E-state index contributed by atoms with van der Waals surface area (Å²) in [5.74, 6) is -0.199. The first-order chi connectivity index (χ1) is 13.7. The van der Waals surface area contributed by atoms with Crippen molar-refractivity contribution in [1.29, 1.82) is 0 Å². The second kappa shape index (κ2) is 6.13. The molecule has 2 atom stereocenters. The first-order valence-corrected chi connectivity index (χ1v) is 10.4. The molecule has 1 saturated carbocycles. The van der Waals surface area contributed by atoms with E-state index in [4.69, 9.17) is 14.2 Å². The molecule has 0 radical (unpaired) electrons. The summed E-state index contributed by atoms with van der Waals surface area (Å²) in [7, 11) is 0. The van der Waals surface area contributed by atoms with Gasteiger partial charge in [-0.15, -0.1) is 0 Å². The van der Waals surface area contributed by atoms with Crippen LogP contribution >= 0.6 is 0 Å². The topological polar surface area (TPSA) is 51.2 Å². The van der Waals surface area contributed by atoms with E-state index in [-0.39, 0.29) is 11.3 Å². The van der Waals surface area contributed by atoms with Crippen molar-refractivity contribution in [2.24, 2.45) is 17.3 Å². The summed E-state index contributed by atoms with van der Waals surface area (Å²) in [6.45, 7) is 4.80. The maximum absolute atomic E-state index is 13.6. The van der Waals surface area contributed by atoms with Crippen LogP contribution in [-0.4, -0.2) is 57.0 Å².